The lowest BCUT2D eigenvalue weighted by Crippen LogP contribution is -2.24. The van der Waals surface area contributed by atoms with Crippen molar-refractivity contribution >= 4 is 23.5 Å². The minimum Gasteiger partial charge on any atom is -0.365 e. The van der Waals surface area contributed by atoms with Gasteiger partial charge in [-0.2, -0.15) is 0 Å². The van der Waals surface area contributed by atoms with Crippen molar-refractivity contribution in [3.63, 3.8) is 0 Å². The standard InChI is InChI=1S/C16H19N3O/c1-12(20)18(2)15-6-5-13-7-9-19(16(13)10-15)11-14-4-3-8-17-14/h4-6,8,10H,3,7,9,11H2,1-2H3. The van der Waals surface area contributed by atoms with Crippen LogP contribution in [0.1, 0.15) is 18.9 Å². The van der Waals surface area contributed by atoms with E-state index in [1.807, 2.05) is 19.3 Å². The molecule has 0 bridgehead atoms. The number of nitrogens with zero attached hydrogens (tertiary/aromatic N) is 3. The van der Waals surface area contributed by atoms with Crippen LogP contribution in [0.25, 0.3) is 0 Å². The Morgan fingerprint density at radius 2 is 2.30 bits per heavy atom. The number of carbonyl (C=O) groups is 1. The van der Waals surface area contributed by atoms with Crippen LogP contribution in [-0.2, 0) is 11.2 Å². The Kier molecular flexibility index (Phi) is 3.30. The van der Waals surface area contributed by atoms with E-state index in [-0.39, 0.29) is 5.91 Å². The molecule has 0 N–H and O–H groups in total. The molecule has 0 aromatic heterocycles. The molecule has 104 valence electrons. The van der Waals surface area contributed by atoms with Crippen molar-refractivity contribution in [3.05, 3.63) is 35.5 Å². The van der Waals surface area contributed by atoms with E-state index in [1.54, 1.807) is 11.8 Å². The maximum atomic E-state index is 11.5. The Morgan fingerprint density at radius 1 is 1.45 bits per heavy atom. The summed E-state index contributed by atoms with van der Waals surface area (Å²) in [5.74, 6) is 0.0533. The van der Waals surface area contributed by atoms with Gasteiger partial charge >= 0.3 is 0 Å². The molecule has 1 aromatic rings. The molecule has 0 saturated carbocycles. The molecule has 1 amide bonds. The molecule has 0 saturated heterocycles. The lowest BCUT2D eigenvalue weighted by Gasteiger charge is -2.21. The van der Waals surface area contributed by atoms with Crippen LogP contribution < -0.4 is 9.80 Å². The zero-order valence-electron chi connectivity index (χ0n) is 12.0. The third kappa shape index (κ3) is 2.33. The third-order valence-corrected chi connectivity index (χ3v) is 3.99. The first-order valence-electron chi connectivity index (χ1n) is 6.99. The summed E-state index contributed by atoms with van der Waals surface area (Å²) in [6.45, 7) is 3.47. The molecule has 4 nitrogen and oxygen atoms in total. The second-order valence-corrected chi connectivity index (χ2v) is 5.31. The van der Waals surface area contributed by atoms with Gasteiger partial charge in [-0.3, -0.25) is 9.79 Å². The Balaban J connectivity index is 1.85. The molecule has 0 fully saturated rings. The number of rotatable bonds is 3. The normalized spacial score (nSPS) is 16.3. The number of aliphatic imine (C=N–C) groups is 1. The topological polar surface area (TPSA) is 35.9 Å². The highest BCUT2D eigenvalue weighted by atomic mass is 16.2. The zero-order valence-corrected chi connectivity index (χ0v) is 12.0. The van der Waals surface area contributed by atoms with Gasteiger partial charge in [0.05, 0.1) is 12.2 Å². The first-order chi connectivity index (χ1) is 9.65. The fourth-order valence-corrected chi connectivity index (χ4v) is 2.70. The predicted octanol–water partition coefficient (Wildman–Crippen LogP) is 2.39. The van der Waals surface area contributed by atoms with Crippen LogP contribution in [0.15, 0.2) is 35.0 Å². The van der Waals surface area contributed by atoms with E-state index in [2.05, 4.69) is 28.1 Å². The first kappa shape index (κ1) is 12.9. The van der Waals surface area contributed by atoms with E-state index in [9.17, 15) is 4.79 Å². The van der Waals surface area contributed by atoms with Gasteiger partial charge in [-0.15, -0.1) is 0 Å². The van der Waals surface area contributed by atoms with Gasteiger partial charge in [0.1, 0.15) is 0 Å². The van der Waals surface area contributed by atoms with E-state index in [0.717, 1.165) is 37.3 Å². The summed E-state index contributed by atoms with van der Waals surface area (Å²) < 4.78 is 0. The summed E-state index contributed by atoms with van der Waals surface area (Å²) in [5, 5.41) is 0. The van der Waals surface area contributed by atoms with Gasteiger partial charge in [0.25, 0.3) is 0 Å². The van der Waals surface area contributed by atoms with Gasteiger partial charge in [0, 0.05) is 44.5 Å². The van der Waals surface area contributed by atoms with Gasteiger partial charge in [-0.05, 0) is 24.1 Å². The van der Waals surface area contributed by atoms with Crippen molar-refractivity contribution in [1.29, 1.82) is 0 Å². The molecule has 1 aromatic carbocycles. The lowest BCUT2D eigenvalue weighted by atomic mass is 10.1. The number of carbonyl (C=O) groups excluding carboxylic acids is 1. The van der Waals surface area contributed by atoms with Crippen LogP contribution in [0.4, 0.5) is 11.4 Å². The highest BCUT2D eigenvalue weighted by molar-refractivity contribution is 5.91. The summed E-state index contributed by atoms with van der Waals surface area (Å²) in [6, 6.07) is 6.27. The number of amides is 1. The van der Waals surface area contributed by atoms with E-state index < -0.39 is 0 Å². The largest absolute Gasteiger partial charge is 0.365 e. The lowest BCUT2D eigenvalue weighted by molar-refractivity contribution is -0.116. The highest BCUT2D eigenvalue weighted by Crippen LogP contribution is 2.32. The summed E-state index contributed by atoms with van der Waals surface area (Å²) in [6.07, 6.45) is 6.13. The fraction of sp³-hybridized carbons (Fsp3) is 0.375. The van der Waals surface area contributed by atoms with Crippen LogP contribution in [-0.4, -0.2) is 32.3 Å². The molecule has 2 aliphatic heterocycles. The molecule has 3 rings (SSSR count). The summed E-state index contributed by atoms with van der Waals surface area (Å²) in [4.78, 5) is 19.9. The number of hydrogen-bond donors (Lipinski definition) is 0. The molecule has 0 atom stereocenters. The summed E-state index contributed by atoms with van der Waals surface area (Å²) in [7, 11) is 1.81. The van der Waals surface area contributed by atoms with E-state index in [0.29, 0.717) is 0 Å². The number of anilines is 2. The maximum absolute atomic E-state index is 11.5. The Hall–Kier alpha value is -2.10. The SMILES string of the molecule is CC(=O)N(C)c1ccc2c(c1)N(CC1=CCC=N1)CC2. The Bertz CT molecular complexity index is 604. The fourth-order valence-electron chi connectivity index (χ4n) is 2.70. The van der Waals surface area contributed by atoms with Crippen LogP contribution in [0.5, 0.6) is 0 Å². The van der Waals surface area contributed by atoms with Gasteiger partial charge in [0.15, 0.2) is 0 Å². The quantitative estimate of drug-likeness (QED) is 0.844. The van der Waals surface area contributed by atoms with Crippen LogP contribution in [0.3, 0.4) is 0 Å². The average Bonchev–Trinajstić information content (AvgIpc) is 3.08. The molecule has 4 heteroatoms. The molecular formula is C16H19N3O. The number of hydrogen-bond acceptors (Lipinski definition) is 3. The molecule has 2 heterocycles. The van der Waals surface area contributed by atoms with Gasteiger partial charge in [-0.1, -0.05) is 12.1 Å². The van der Waals surface area contributed by atoms with Gasteiger partial charge in [0.2, 0.25) is 5.91 Å². The summed E-state index contributed by atoms with van der Waals surface area (Å²) >= 11 is 0. The van der Waals surface area contributed by atoms with E-state index in [1.165, 1.54) is 11.3 Å². The minimum absolute atomic E-state index is 0.0533. The zero-order chi connectivity index (χ0) is 14.1. The van der Waals surface area contributed by atoms with Gasteiger partial charge in [-0.25, -0.2) is 0 Å². The minimum atomic E-state index is 0.0533. The van der Waals surface area contributed by atoms with Crippen molar-refractivity contribution in [2.75, 3.05) is 29.9 Å². The third-order valence-electron chi connectivity index (χ3n) is 3.99. The molecular weight excluding hydrogens is 250 g/mol. The van der Waals surface area contributed by atoms with E-state index in [4.69, 9.17) is 0 Å². The highest BCUT2D eigenvalue weighted by Gasteiger charge is 2.21. The van der Waals surface area contributed by atoms with Crippen molar-refractivity contribution in [2.45, 2.75) is 19.8 Å². The predicted molar refractivity (Wildman–Crippen MR) is 82.6 cm³/mol. The molecule has 2 aliphatic rings. The van der Waals surface area contributed by atoms with Crippen LogP contribution >= 0.6 is 0 Å². The Morgan fingerprint density at radius 3 is 3.00 bits per heavy atom. The maximum Gasteiger partial charge on any atom is 0.223 e. The van der Waals surface area contributed by atoms with Crippen molar-refractivity contribution < 1.29 is 4.79 Å². The van der Waals surface area contributed by atoms with Crippen molar-refractivity contribution in [1.82, 2.24) is 0 Å². The molecule has 0 aliphatic carbocycles. The monoisotopic (exact) mass is 269 g/mol. The number of allylic oxidation sites excluding steroid dienone is 1. The smallest absolute Gasteiger partial charge is 0.223 e. The van der Waals surface area contributed by atoms with Crippen molar-refractivity contribution in [3.8, 4) is 0 Å². The average molecular weight is 269 g/mol. The van der Waals surface area contributed by atoms with Gasteiger partial charge < -0.3 is 9.80 Å². The second kappa shape index (κ2) is 5.12. The van der Waals surface area contributed by atoms with Crippen LogP contribution in [0.2, 0.25) is 0 Å². The molecule has 0 radical (unpaired) electrons. The van der Waals surface area contributed by atoms with E-state index >= 15 is 0 Å². The molecule has 0 spiro atoms. The number of fused-ring (bicyclic) bond motifs is 1. The summed E-state index contributed by atoms with van der Waals surface area (Å²) in [5.41, 5.74) is 4.68. The molecule has 0 unspecified atom stereocenters. The molecule has 20 heavy (non-hydrogen) atoms. The first-order valence-corrected chi connectivity index (χ1v) is 6.99. The second-order valence-electron chi connectivity index (χ2n) is 5.31. The Labute approximate surface area is 119 Å². The van der Waals surface area contributed by atoms with Crippen molar-refractivity contribution in [2.24, 2.45) is 4.99 Å². The van der Waals surface area contributed by atoms with Crippen LogP contribution in [0, 0.1) is 0 Å². The number of benzene rings is 1.